The summed E-state index contributed by atoms with van der Waals surface area (Å²) in [6.07, 6.45) is -3.05. The first-order chi connectivity index (χ1) is 9.67. The number of rotatable bonds is 4. The Labute approximate surface area is 118 Å². The lowest BCUT2D eigenvalue weighted by atomic mass is 9.86. The minimum absolute atomic E-state index is 0.0677. The van der Waals surface area contributed by atoms with Gasteiger partial charge in [-0.25, -0.2) is 4.98 Å². The predicted octanol–water partition coefficient (Wildman–Crippen LogP) is 2.09. The van der Waals surface area contributed by atoms with Crippen LogP contribution in [0.25, 0.3) is 11.6 Å². The molecule has 0 aliphatic heterocycles. The molecule has 0 amide bonds. The first kappa shape index (κ1) is 15.4. The molecule has 0 spiro atoms. The Bertz CT molecular complexity index is 572. The van der Waals surface area contributed by atoms with Crippen molar-refractivity contribution in [1.82, 2.24) is 30.6 Å². The Kier molecular flexibility index (Phi) is 3.99. The number of aromatic nitrogens is 5. The summed E-state index contributed by atoms with van der Waals surface area (Å²) in [5.41, 5.74) is -0.545. The maximum absolute atomic E-state index is 12.4. The Morgan fingerprint density at radius 1 is 1.33 bits per heavy atom. The molecule has 0 aromatic carbocycles. The Morgan fingerprint density at radius 2 is 2.05 bits per heavy atom. The van der Waals surface area contributed by atoms with E-state index in [9.17, 15) is 13.2 Å². The molecule has 2 N–H and O–H groups in total. The van der Waals surface area contributed by atoms with Crippen LogP contribution in [0.1, 0.15) is 32.7 Å². The quantitative estimate of drug-likeness (QED) is 0.898. The molecule has 21 heavy (non-hydrogen) atoms. The van der Waals surface area contributed by atoms with Crippen molar-refractivity contribution >= 4 is 0 Å². The third-order valence-corrected chi connectivity index (χ3v) is 2.69. The van der Waals surface area contributed by atoms with Crippen molar-refractivity contribution in [2.45, 2.75) is 33.0 Å². The molecule has 116 valence electrons. The van der Waals surface area contributed by atoms with Crippen LogP contribution in [-0.4, -0.2) is 38.0 Å². The number of alkyl halides is 3. The highest BCUT2D eigenvalue weighted by Gasteiger charge is 2.36. The normalized spacial score (nSPS) is 14.4. The molecule has 2 aromatic rings. The van der Waals surface area contributed by atoms with E-state index in [1.165, 1.54) is 6.33 Å². The molecule has 0 saturated carbocycles. The van der Waals surface area contributed by atoms with Gasteiger partial charge < -0.3 is 4.52 Å². The van der Waals surface area contributed by atoms with Crippen LogP contribution in [-0.2, 0) is 0 Å². The second kappa shape index (κ2) is 5.43. The second-order valence-electron chi connectivity index (χ2n) is 5.59. The highest BCUT2D eigenvalue weighted by molar-refractivity contribution is 5.39. The number of nitrogens with one attached hydrogen (secondary N) is 2. The molecule has 0 aliphatic carbocycles. The molecule has 1 unspecified atom stereocenters. The van der Waals surface area contributed by atoms with E-state index in [2.05, 4.69) is 30.6 Å². The van der Waals surface area contributed by atoms with Crippen LogP contribution < -0.4 is 5.32 Å². The van der Waals surface area contributed by atoms with Crippen LogP contribution in [0.15, 0.2) is 10.9 Å². The number of aromatic amines is 1. The van der Waals surface area contributed by atoms with Crippen LogP contribution in [0.2, 0.25) is 0 Å². The summed E-state index contributed by atoms with van der Waals surface area (Å²) < 4.78 is 42.3. The number of halogens is 3. The summed E-state index contributed by atoms with van der Waals surface area (Å²) >= 11 is 0. The molecule has 0 radical (unpaired) electrons. The third-order valence-electron chi connectivity index (χ3n) is 2.69. The van der Waals surface area contributed by atoms with E-state index >= 15 is 0 Å². The van der Waals surface area contributed by atoms with Gasteiger partial charge in [0.1, 0.15) is 6.33 Å². The molecular weight excluding hydrogens is 289 g/mol. The molecule has 2 aromatic heterocycles. The van der Waals surface area contributed by atoms with Crippen molar-refractivity contribution in [2.75, 3.05) is 6.54 Å². The summed E-state index contributed by atoms with van der Waals surface area (Å²) in [7, 11) is 0. The highest BCUT2D eigenvalue weighted by Crippen LogP contribution is 2.33. The largest absolute Gasteiger partial charge is 0.401 e. The third kappa shape index (κ3) is 4.00. The Balaban J connectivity index is 2.21. The van der Waals surface area contributed by atoms with Crippen molar-refractivity contribution in [3.05, 3.63) is 12.2 Å². The fourth-order valence-electron chi connectivity index (χ4n) is 1.74. The average Bonchev–Trinajstić information content (AvgIpc) is 2.95. The Hall–Kier alpha value is -1.97. The van der Waals surface area contributed by atoms with Gasteiger partial charge in [0.05, 0.1) is 12.6 Å². The van der Waals surface area contributed by atoms with Crippen LogP contribution in [0, 0.1) is 5.41 Å². The van der Waals surface area contributed by atoms with Gasteiger partial charge in [-0.05, 0) is 5.41 Å². The highest BCUT2D eigenvalue weighted by atomic mass is 19.4. The maximum atomic E-state index is 12.4. The van der Waals surface area contributed by atoms with Crippen LogP contribution >= 0.6 is 0 Å². The van der Waals surface area contributed by atoms with Gasteiger partial charge in [-0.3, -0.25) is 10.4 Å². The summed E-state index contributed by atoms with van der Waals surface area (Å²) in [6, 6.07) is -0.747. The van der Waals surface area contributed by atoms with Gasteiger partial charge in [-0.2, -0.15) is 23.3 Å². The smallest absolute Gasteiger partial charge is 0.337 e. The topological polar surface area (TPSA) is 92.5 Å². The zero-order chi connectivity index (χ0) is 15.7. The van der Waals surface area contributed by atoms with Gasteiger partial charge in [0.15, 0.2) is 5.82 Å². The summed E-state index contributed by atoms with van der Waals surface area (Å²) in [4.78, 5) is 7.93. The fraction of sp³-hybridized carbons (Fsp3) is 0.636. The molecule has 1 atom stereocenters. The molecule has 2 heterocycles. The van der Waals surface area contributed by atoms with E-state index in [0.29, 0.717) is 0 Å². The SMILES string of the molecule is CC(C)(C)C(NCC(F)(F)F)c1nc(-c2ncn[nH]2)no1. The van der Waals surface area contributed by atoms with Crippen molar-refractivity contribution < 1.29 is 17.7 Å². The lowest BCUT2D eigenvalue weighted by Crippen LogP contribution is -2.38. The van der Waals surface area contributed by atoms with E-state index in [4.69, 9.17) is 4.52 Å². The van der Waals surface area contributed by atoms with Crippen molar-refractivity contribution in [2.24, 2.45) is 5.41 Å². The zero-order valence-electron chi connectivity index (χ0n) is 11.7. The Morgan fingerprint density at radius 3 is 2.57 bits per heavy atom. The number of H-pyrrole nitrogens is 1. The van der Waals surface area contributed by atoms with Crippen molar-refractivity contribution in [1.29, 1.82) is 0 Å². The van der Waals surface area contributed by atoms with Crippen molar-refractivity contribution in [3.8, 4) is 11.6 Å². The standard InChI is InChI=1S/C11H15F3N6O/c1-10(2,3)6(15-4-11(12,13)14)9-18-8(20-21-9)7-16-5-17-19-7/h5-6,15H,4H2,1-3H3,(H,16,17,19). The monoisotopic (exact) mass is 304 g/mol. The van der Waals surface area contributed by atoms with E-state index in [-0.39, 0.29) is 17.5 Å². The van der Waals surface area contributed by atoms with Gasteiger partial charge in [0.25, 0.3) is 0 Å². The molecule has 0 saturated heterocycles. The van der Waals surface area contributed by atoms with Gasteiger partial charge in [-0.15, -0.1) is 0 Å². The molecule has 10 heteroatoms. The molecular formula is C11H15F3N6O. The molecule has 2 rings (SSSR count). The van der Waals surface area contributed by atoms with E-state index in [1.807, 2.05) is 0 Å². The van der Waals surface area contributed by atoms with Crippen molar-refractivity contribution in [3.63, 3.8) is 0 Å². The average molecular weight is 304 g/mol. The molecule has 7 nitrogen and oxygen atoms in total. The van der Waals surface area contributed by atoms with E-state index in [1.54, 1.807) is 20.8 Å². The minimum Gasteiger partial charge on any atom is -0.337 e. The first-order valence-electron chi connectivity index (χ1n) is 6.16. The van der Waals surface area contributed by atoms with Gasteiger partial charge >= 0.3 is 6.18 Å². The zero-order valence-corrected chi connectivity index (χ0v) is 11.7. The van der Waals surface area contributed by atoms with Gasteiger partial charge in [0, 0.05) is 0 Å². The number of hydrogen-bond acceptors (Lipinski definition) is 6. The van der Waals surface area contributed by atoms with Crippen LogP contribution in [0.3, 0.4) is 0 Å². The van der Waals surface area contributed by atoms with Gasteiger partial charge in [0.2, 0.25) is 11.7 Å². The van der Waals surface area contributed by atoms with Crippen LogP contribution in [0.4, 0.5) is 13.2 Å². The van der Waals surface area contributed by atoms with Crippen LogP contribution in [0.5, 0.6) is 0 Å². The summed E-state index contributed by atoms with van der Waals surface area (Å²) in [5.74, 6) is 0.497. The van der Waals surface area contributed by atoms with E-state index < -0.39 is 24.2 Å². The summed E-state index contributed by atoms with van der Waals surface area (Å²) in [5, 5.41) is 12.3. The lowest BCUT2D eigenvalue weighted by molar-refractivity contribution is -0.128. The first-order valence-corrected chi connectivity index (χ1v) is 6.16. The fourth-order valence-corrected chi connectivity index (χ4v) is 1.74. The van der Waals surface area contributed by atoms with E-state index in [0.717, 1.165) is 0 Å². The second-order valence-corrected chi connectivity index (χ2v) is 5.59. The summed E-state index contributed by atoms with van der Waals surface area (Å²) in [6.45, 7) is 4.19. The van der Waals surface area contributed by atoms with Gasteiger partial charge in [-0.1, -0.05) is 25.9 Å². The lowest BCUT2D eigenvalue weighted by Gasteiger charge is -2.28. The molecule has 0 aliphatic rings. The number of hydrogen-bond donors (Lipinski definition) is 2. The molecule has 0 fully saturated rings. The maximum Gasteiger partial charge on any atom is 0.401 e. The minimum atomic E-state index is -4.32. The molecule has 0 bridgehead atoms. The predicted molar refractivity (Wildman–Crippen MR) is 65.9 cm³/mol. The number of nitrogens with zero attached hydrogens (tertiary/aromatic N) is 4.